The van der Waals surface area contributed by atoms with Gasteiger partial charge in [-0.15, -0.1) is 0 Å². The number of rotatable bonds is 9. The molecule has 0 aromatic rings. The zero-order chi connectivity index (χ0) is 10.8. The molecule has 0 rings (SSSR count). The molecule has 0 fully saturated rings. The molecule has 0 saturated heterocycles. The first-order valence-corrected chi connectivity index (χ1v) is 5.49. The van der Waals surface area contributed by atoms with E-state index in [1.54, 1.807) is 0 Å². The van der Waals surface area contributed by atoms with Gasteiger partial charge in [0.15, 0.2) is 5.78 Å². The van der Waals surface area contributed by atoms with Gasteiger partial charge in [0.05, 0.1) is 0 Å². The normalized spacial score (nSPS) is 10.9. The molecule has 0 atom stereocenters. The lowest BCUT2D eigenvalue weighted by Gasteiger charge is -2.15. The van der Waals surface area contributed by atoms with Crippen molar-refractivity contribution in [3.05, 3.63) is 0 Å². The Labute approximate surface area is 87.1 Å². The number of ketones is 1. The van der Waals surface area contributed by atoms with Gasteiger partial charge in [0.1, 0.15) is 6.61 Å². The van der Waals surface area contributed by atoms with Gasteiger partial charge in [-0.25, -0.2) is 5.11 Å². The van der Waals surface area contributed by atoms with Gasteiger partial charge in [-0.05, 0) is 20.0 Å². The molecule has 0 bridgehead atoms. The molecule has 3 heteroatoms. The minimum atomic E-state index is -0.566. The summed E-state index contributed by atoms with van der Waals surface area (Å²) >= 11 is 0. The number of carbonyl (C=O) groups is 1. The van der Waals surface area contributed by atoms with Gasteiger partial charge in [-0.2, -0.15) is 0 Å². The van der Waals surface area contributed by atoms with Crippen LogP contribution in [0.15, 0.2) is 0 Å². The van der Waals surface area contributed by atoms with Crippen LogP contribution in [0, 0.1) is 0 Å². The monoisotopic (exact) mass is 200 g/mol. The Morgan fingerprint density at radius 3 is 2.43 bits per heavy atom. The fourth-order valence-corrected chi connectivity index (χ4v) is 1.31. The summed E-state index contributed by atoms with van der Waals surface area (Å²) < 4.78 is 0. The summed E-state index contributed by atoms with van der Waals surface area (Å²) in [5, 5.41) is 10.2. The summed E-state index contributed by atoms with van der Waals surface area (Å²) in [6.07, 6.45) is 5.39. The summed E-state index contributed by atoms with van der Waals surface area (Å²) in [6, 6.07) is 0. The molecule has 0 aliphatic rings. The van der Waals surface area contributed by atoms with Crippen LogP contribution >= 0.6 is 0 Å². The van der Waals surface area contributed by atoms with Crippen molar-refractivity contribution >= 4 is 5.78 Å². The number of hydrogen-bond acceptors (Lipinski definition) is 2. The van der Waals surface area contributed by atoms with E-state index in [1.165, 1.54) is 25.7 Å². The molecule has 1 radical (unpaired) electrons. The lowest BCUT2D eigenvalue weighted by Crippen LogP contribution is -2.23. The highest BCUT2D eigenvalue weighted by Gasteiger charge is 2.03. The Morgan fingerprint density at radius 1 is 1.14 bits per heavy atom. The highest BCUT2D eigenvalue weighted by Crippen LogP contribution is 2.00. The lowest BCUT2D eigenvalue weighted by atomic mass is 10.2. The second-order valence-corrected chi connectivity index (χ2v) is 3.80. The number of unbranched alkanes of at least 4 members (excludes halogenated alkanes) is 3. The molecule has 0 aliphatic heterocycles. The van der Waals surface area contributed by atoms with Crippen LogP contribution < -0.4 is 0 Å². The molecule has 83 valence electrons. The molecule has 3 nitrogen and oxygen atoms in total. The predicted octanol–water partition coefficient (Wildman–Crippen LogP) is 1.89. The van der Waals surface area contributed by atoms with Crippen LogP contribution in [0.3, 0.4) is 0 Å². The van der Waals surface area contributed by atoms with Gasteiger partial charge in [0, 0.05) is 13.0 Å². The van der Waals surface area contributed by atoms with E-state index < -0.39 is 6.61 Å². The predicted molar refractivity (Wildman–Crippen MR) is 56.8 cm³/mol. The van der Waals surface area contributed by atoms with Crippen LogP contribution in [0.5, 0.6) is 0 Å². The zero-order valence-corrected chi connectivity index (χ0v) is 9.42. The summed E-state index contributed by atoms with van der Waals surface area (Å²) in [5.41, 5.74) is 0. The topological polar surface area (TPSA) is 40.2 Å². The molecule has 0 amide bonds. The minimum absolute atomic E-state index is 0.176. The van der Waals surface area contributed by atoms with E-state index in [1.807, 2.05) is 7.05 Å². The van der Waals surface area contributed by atoms with Gasteiger partial charge in [-0.3, -0.25) is 4.79 Å². The Kier molecular flexibility index (Phi) is 8.89. The molecule has 0 spiro atoms. The van der Waals surface area contributed by atoms with Crippen molar-refractivity contribution < 1.29 is 9.90 Å². The number of nitrogens with zero attached hydrogens (tertiary/aromatic N) is 1. The largest absolute Gasteiger partial charge is 0.306 e. The maximum absolute atomic E-state index is 10.8. The van der Waals surface area contributed by atoms with Crippen molar-refractivity contribution in [1.29, 1.82) is 0 Å². The quantitative estimate of drug-likeness (QED) is 0.533. The number of Topliss-reactive ketones (excluding diaryl/α,β-unsaturated/α-hetero) is 1. The number of hydrogen-bond donors (Lipinski definition) is 0. The van der Waals surface area contributed by atoms with Crippen LogP contribution in [0.25, 0.3) is 0 Å². The van der Waals surface area contributed by atoms with Crippen molar-refractivity contribution in [3.63, 3.8) is 0 Å². The van der Waals surface area contributed by atoms with Crippen molar-refractivity contribution in [1.82, 2.24) is 4.90 Å². The summed E-state index contributed by atoms with van der Waals surface area (Å²) in [4.78, 5) is 12.9. The fraction of sp³-hybridized carbons (Fsp3) is 0.909. The van der Waals surface area contributed by atoms with E-state index in [0.29, 0.717) is 6.42 Å². The second-order valence-electron chi connectivity index (χ2n) is 3.80. The van der Waals surface area contributed by atoms with Crippen molar-refractivity contribution in [2.75, 3.05) is 26.7 Å². The zero-order valence-electron chi connectivity index (χ0n) is 9.42. The molecule has 0 aromatic carbocycles. The van der Waals surface area contributed by atoms with Crippen molar-refractivity contribution in [2.45, 2.75) is 39.0 Å². The Balaban J connectivity index is 3.27. The van der Waals surface area contributed by atoms with E-state index in [9.17, 15) is 9.90 Å². The first-order chi connectivity index (χ1) is 6.70. The smallest absolute Gasteiger partial charge is 0.163 e. The highest BCUT2D eigenvalue weighted by atomic mass is 16.3. The third-order valence-electron chi connectivity index (χ3n) is 2.33. The molecular weight excluding hydrogens is 178 g/mol. The third kappa shape index (κ3) is 8.20. The van der Waals surface area contributed by atoms with E-state index in [0.717, 1.165) is 13.1 Å². The SMILES string of the molecule is CCCCCCN(C)CCC(=O)C[O]. The van der Waals surface area contributed by atoms with Gasteiger partial charge in [0.25, 0.3) is 0 Å². The van der Waals surface area contributed by atoms with E-state index in [-0.39, 0.29) is 5.78 Å². The summed E-state index contributed by atoms with van der Waals surface area (Å²) in [7, 11) is 2.00. The molecule has 0 aliphatic carbocycles. The Bertz CT molecular complexity index is 148. The van der Waals surface area contributed by atoms with Gasteiger partial charge in [-0.1, -0.05) is 26.2 Å². The van der Waals surface area contributed by atoms with E-state index >= 15 is 0 Å². The molecule has 0 unspecified atom stereocenters. The van der Waals surface area contributed by atoms with Gasteiger partial charge >= 0.3 is 0 Å². The first kappa shape index (κ1) is 13.6. The standard InChI is InChI=1S/C11H22NO2/c1-3-4-5-6-8-12(2)9-7-11(14)10-13/h3-10H2,1-2H3. The first-order valence-electron chi connectivity index (χ1n) is 5.49. The minimum Gasteiger partial charge on any atom is -0.306 e. The van der Waals surface area contributed by atoms with Crippen LogP contribution in [-0.2, 0) is 9.90 Å². The number of carbonyl (C=O) groups excluding carboxylic acids is 1. The summed E-state index contributed by atoms with van der Waals surface area (Å²) in [6.45, 7) is 3.39. The Morgan fingerprint density at radius 2 is 1.86 bits per heavy atom. The lowest BCUT2D eigenvalue weighted by molar-refractivity contribution is -0.123. The van der Waals surface area contributed by atoms with E-state index in [2.05, 4.69) is 11.8 Å². The third-order valence-corrected chi connectivity index (χ3v) is 2.33. The van der Waals surface area contributed by atoms with E-state index in [4.69, 9.17) is 0 Å². The van der Waals surface area contributed by atoms with Crippen molar-refractivity contribution in [3.8, 4) is 0 Å². The van der Waals surface area contributed by atoms with Crippen LogP contribution in [-0.4, -0.2) is 37.4 Å². The molecule has 0 aromatic heterocycles. The summed E-state index contributed by atoms with van der Waals surface area (Å²) in [5.74, 6) is -0.176. The van der Waals surface area contributed by atoms with Crippen LogP contribution in [0.2, 0.25) is 0 Å². The maximum atomic E-state index is 10.8. The molecule has 0 N–H and O–H groups in total. The Hall–Kier alpha value is -0.410. The van der Waals surface area contributed by atoms with Crippen LogP contribution in [0.4, 0.5) is 0 Å². The van der Waals surface area contributed by atoms with Crippen molar-refractivity contribution in [2.24, 2.45) is 0 Å². The molecule has 0 heterocycles. The maximum Gasteiger partial charge on any atom is 0.163 e. The molecule has 14 heavy (non-hydrogen) atoms. The highest BCUT2D eigenvalue weighted by molar-refractivity contribution is 5.79. The van der Waals surface area contributed by atoms with Gasteiger partial charge in [0.2, 0.25) is 0 Å². The second kappa shape index (κ2) is 9.16. The van der Waals surface area contributed by atoms with Gasteiger partial charge < -0.3 is 4.90 Å². The average Bonchev–Trinajstić information content (AvgIpc) is 2.21. The molecular formula is C11H22NO2. The average molecular weight is 200 g/mol. The fourth-order valence-electron chi connectivity index (χ4n) is 1.31. The van der Waals surface area contributed by atoms with Crippen LogP contribution in [0.1, 0.15) is 39.0 Å². The molecule has 0 saturated carbocycles.